The summed E-state index contributed by atoms with van der Waals surface area (Å²) in [5.74, 6) is -1.01. The Kier molecular flexibility index (Phi) is 6.24. The minimum Gasteiger partial charge on any atom is -0.351 e. The van der Waals surface area contributed by atoms with Crippen LogP contribution < -0.4 is 10.6 Å². The third-order valence-corrected chi connectivity index (χ3v) is 3.84. The largest absolute Gasteiger partial charge is 0.351 e. The van der Waals surface area contributed by atoms with E-state index in [1.807, 2.05) is 0 Å². The van der Waals surface area contributed by atoms with Gasteiger partial charge in [-0.3, -0.25) is 4.79 Å². The standard InChI is InChI=1S/C17H17BrF2N2O/c1-11-2-3-12(9-16(11)20)17(23)22-7-6-21-10-13-8-14(18)4-5-15(13)19/h2-5,8-9,21H,6-7,10H2,1H3,(H,22,23). The number of hydrogen-bond donors (Lipinski definition) is 2. The van der Waals surface area contributed by atoms with Gasteiger partial charge in [0.05, 0.1) is 0 Å². The molecule has 1 amide bonds. The molecule has 0 spiro atoms. The second-order valence-electron chi connectivity index (χ2n) is 5.13. The van der Waals surface area contributed by atoms with Gasteiger partial charge in [0.25, 0.3) is 5.91 Å². The van der Waals surface area contributed by atoms with Crippen LogP contribution in [-0.2, 0) is 6.54 Å². The van der Waals surface area contributed by atoms with E-state index < -0.39 is 5.82 Å². The zero-order valence-corrected chi connectivity index (χ0v) is 14.2. The van der Waals surface area contributed by atoms with E-state index in [4.69, 9.17) is 0 Å². The fourth-order valence-electron chi connectivity index (χ4n) is 2.00. The van der Waals surface area contributed by atoms with E-state index in [1.54, 1.807) is 31.2 Å². The van der Waals surface area contributed by atoms with E-state index >= 15 is 0 Å². The smallest absolute Gasteiger partial charge is 0.251 e. The maximum Gasteiger partial charge on any atom is 0.251 e. The Labute approximate surface area is 142 Å². The number of hydrogen-bond acceptors (Lipinski definition) is 2. The predicted octanol–water partition coefficient (Wildman–Crippen LogP) is 3.56. The number of amides is 1. The molecule has 0 heterocycles. The highest BCUT2D eigenvalue weighted by atomic mass is 79.9. The summed E-state index contributed by atoms with van der Waals surface area (Å²) in [7, 11) is 0. The fraction of sp³-hybridized carbons (Fsp3) is 0.235. The van der Waals surface area contributed by atoms with Crippen LogP contribution in [0.25, 0.3) is 0 Å². The average molecular weight is 383 g/mol. The van der Waals surface area contributed by atoms with Crippen LogP contribution in [0.3, 0.4) is 0 Å². The molecule has 0 saturated heterocycles. The van der Waals surface area contributed by atoms with Crippen molar-refractivity contribution in [2.24, 2.45) is 0 Å². The van der Waals surface area contributed by atoms with Crippen LogP contribution in [0.1, 0.15) is 21.5 Å². The molecule has 0 aliphatic carbocycles. The second-order valence-corrected chi connectivity index (χ2v) is 6.05. The van der Waals surface area contributed by atoms with Gasteiger partial charge in [0.1, 0.15) is 11.6 Å². The molecule has 0 radical (unpaired) electrons. The lowest BCUT2D eigenvalue weighted by atomic mass is 10.1. The number of benzene rings is 2. The van der Waals surface area contributed by atoms with Gasteiger partial charge in [0.15, 0.2) is 0 Å². The fourth-order valence-corrected chi connectivity index (χ4v) is 2.41. The summed E-state index contributed by atoms with van der Waals surface area (Å²) in [5, 5.41) is 5.73. The third-order valence-electron chi connectivity index (χ3n) is 3.34. The van der Waals surface area contributed by atoms with Gasteiger partial charge in [0, 0.05) is 35.2 Å². The molecule has 0 aliphatic rings. The first kappa shape index (κ1) is 17.6. The first-order valence-corrected chi connectivity index (χ1v) is 7.95. The number of nitrogens with one attached hydrogen (secondary N) is 2. The Hall–Kier alpha value is -1.79. The van der Waals surface area contributed by atoms with Crippen molar-refractivity contribution in [2.75, 3.05) is 13.1 Å². The molecule has 122 valence electrons. The maximum absolute atomic E-state index is 13.5. The van der Waals surface area contributed by atoms with Gasteiger partial charge >= 0.3 is 0 Å². The Morgan fingerprint density at radius 1 is 1.09 bits per heavy atom. The summed E-state index contributed by atoms with van der Waals surface area (Å²) in [6, 6.07) is 9.11. The summed E-state index contributed by atoms with van der Waals surface area (Å²) in [5.41, 5.74) is 1.33. The third kappa shape index (κ3) is 5.11. The molecule has 6 heteroatoms. The van der Waals surface area contributed by atoms with Crippen LogP contribution in [0.5, 0.6) is 0 Å². The van der Waals surface area contributed by atoms with Crippen LogP contribution in [0.2, 0.25) is 0 Å². The summed E-state index contributed by atoms with van der Waals surface area (Å²) in [6.07, 6.45) is 0. The van der Waals surface area contributed by atoms with Crippen molar-refractivity contribution in [3.05, 3.63) is 69.2 Å². The molecule has 0 fully saturated rings. The first-order chi connectivity index (χ1) is 11.0. The van der Waals surface area contributed by atoms with Crippen LogP contribution in [-0.4, -0.2) is 19.0 Å². The molecule has 2 rings (SSSR count). The van der Waals surface area contributed by atoms with Crippen LogP contribution in [0.15, 0.2) is 40.9 Å². The number of carbonyl (C=O) groups is 1. The molecule has 0 bridgehead atoms. The zero-order chi connectivity index (χ0) is 16.8. The molecular formula is C17H17BrF2N2O. The number of rotatable bonds is 6. The van der Waals surface area contributed by atoms with Gasteiger partial charge in [-0.05, 0) is 42.8 Å². The highest BCUT2D eigenvalue weighted by Gasteiger charge is 2.07. The lowest BCUT2D eigenvalue weighted by Gasteiger charge is -2.08. The van der Waals surface area contributed by atoms with Gasteiger partial charge in [-0.15, -0.1) is 0 Å². The molecule has 2 aromatic carbocycles. The second kappa shape index (κ2) is 8.17. The normalized spacial score (nSPS) is 10.6. The molecular weight excluding hydrogens is 366 g/mol. The monoisotopic (exact) mass is 382 g/mol. The molecule has 23 heavy (non-hydrogen) atoms. The van der Waals surface area contributed by atoms with Crippen molar-refractivity contribution < 1.29 is 13.6 Å². The van der Waals surface area contributed by atoms with E-state index in [0.29, 0.717) is 30.8 Å². The zero-order valence-electron chi connectivity index (χ0n) is 12.6. The van der Waals surface area contributed by atoms with Gasteiger partial charge < -0.3 is 10.6 Å². The van der Waals surface area contributed by atoms with Crippen molar-refractivity contribution in [1.82, 2.24) is 10.6 Å². The lowest BCUT2D eigenvalue weighted by Crippen LogP contribution is -2.31. The van der Waals surface area contributed by atoms with Gasteiger partial charge in [0.2, 0.25) is 0 Å². The molecule has 0 aromatic heterocycles. The Bertz CT molecular complexity index is 707. The van der Waals surface area contributed by atoms with E-state index in [-0.39, 0.29) is 17.3 Å². The summed E-state index contributed by atoms with van der Waals surface area (Å²) >= 11 is 3.29. The average Bonchev–Trinajstić information content (AvgIpc) is 2.52. The predicted molar refractivity (Wildman–Crippen MR) is 89.3 cm³/mol. The molecule has 3 nitrogen and oxygen atoms in total. The highest BCUT2D eigenvalue weighted by Crippen LogP contribution is 2.15. The molecule has 2 N–H and O–H groups in total. The topological polar surface area (TPSA) is 41.1 Å². The molecule has 0 atom stereocenters. The van der Waals surface area contributed by atoms with Crippen molar-refractivity contribution >= 4 is 21.8 Å². The van der Waals surface area contributed by atoms with Crippen molar-refractivity contribution in [3.8, 4) is 0 Å². The van der Waals surface area contributed by atoms with E-state index in [9.17, 15) is 13.6 Å². The number of halogens is 3. The first-order valence-electron chi connectivity index (χ1n) is 7.16. The molecule has 0 saturated carbocycles. The maximum atomic E-state index is 13.5. The van der Waals surface area contributed by atoms with Crippen LogP contribution in [0, 0.1) is 18.6 Å². The van der Waals surface area contributed by atoms with Crippen molar-refractivity contribution in [1.29, 1.82) is 0 Å². The molecule has 2 aromatic rings. The van der Waals surface area contributed by atoms with E-state index in [2.05, 4.69) is 26.6 Å². The van der Waals surface area contributed by atoms with Crippen molar-refractivity contribution in [3.63, 3.8) is 0 Å². The van der Waals surface area contributed by atoms with E-state index in [1.165, 1.54) is 12.1 Å². The summed E-state index contributed by atoms with van der Waals surface area (Å²) in [6.45, 7) is 2.85. The minimum atomic E-state index is -0.402. The van der Waals surface area contributed by atoms with Crippen molar-refractivity contribution in [2.45, 2.75) is 13.5 Å². The van der Waals surface area contributed by atoms with Crippen LogP contribution >= 0.6 is 15.9 Å². The van der Waals surface area contributed by atoms with Crippen LogP contribution in [0.4, 0.5) is 8.78 Å². The number of carbonyl (C=O) groups excluding carboxylic acids is 1. The van der Waals surface area contributed by atoms with E-state index in [0.717, 1.165) is 4.47 Å². The van der Waals surface area contributed by atoms with Gasteiger partial charge in [-0.25, -0.2) is 8.78 Å². The number of aryl methyl sites for hydroxylation is 1. The quantitative estimate of drug-likeness (QED) is 0.750. The highest BCUT2D eigenvalue weighted by molar-refractivity contribution is 9.10. The molecule has 0 aliphatic heterocycles. The van der Waals surface area contributed by atoms with Gasteiger partial charge in [-0.2, -0.15) is 0 Å². The SMILES string of the molecule is Cc1ccc(C(=O)NCCNCc2cc(Br)ccc2F)cc1F. The minimum absolute atomic E-state index is 0.278. The molecule has 0 unspecified atom stereocenters. The van der Waals surface area contributed by atoms with Gasteiger partial charge in [-0.1, -0.05) is 22.0 Å². The Balaban J connectivity index is 1.75. The summed E-state index contributed by atoms with van der Waals surface area (Å²) in [4.78, 5) is 11.9. The lowest BCUT2D eigenvalue weighted by molar-refractivity contribution is 0.0953. The summed E-state index contributed by atoms with van der Waals surface area (Å²) < 4.78 is 27.8. The Morgan fingerprint density at radius 3 is 2.61 bits per heavy atom. The Morgan fingerprint density at radius 2 is 1.87 bits per heavy atom.